The number of hydrogen-bond donors (Lipinski definition) is 2. The molecule has 14 heteroatoms. The summed E-state index contributed by atoms with van der Waals surface area (Å²) in [7, 11) is -3.78. The summed E-state index contributed by atoms with van der Waals surface area (Å²) in [5.41, 5.74) is 11.8. The number of piperidine rings is 1. The Morgan fingerprint density at radius 3 is 2.63 bits per heavy atom. The molecule has 3 aliphatic heterocycles. The molecule has 41 heavy (non-hydrogen) atoms. The molecule has 0 spiro atoms. The Kier molecular flexibility index (Phi) is 5.78. The molecule has 2 saturated heterocycles. The van der Waals surface area contributed by atoms with E-state index in [4.69, 9.17) is 10.7 Å². The van der Waals surface area contributed by atoms with Gasteiger partial charge >= 0.3 is 0 Å². The second kappa shape index (κ2) is 9.29. The van der Waals surface area contributed by atoms with Crippen LogP contribution in [0, 0.1) is 5.82 Å². The number of halogens is 1. The number of hydrogen-bond acceptors (Lipinski definition) is 10. The molecule has 1 amide bonds. The Labute approximate surface area is 234 Å². The quantitative estimate of drug-likeness (QED) is 0.375. The highest BCUT2D eigenvalue weighted by molar-refractivity contribution is 7.91. The number of nitrogen functional groups attached to an aromatic ring is 1. The van der Waals surface area contributed by atoms with Crippen molar-refractivity contribution in [2.75, 3.05) is 18.5 Å². The van der Waals surface area contributed by atoms with E-state index in [1.165, 1.54) is 16.6 Å². The molecule has 7 rings (SSSR count). The van der Waals surface area contributed by atoms with Gasteiger partial charge in [-0.1, -0.05) is 0 Å². The molecule has 3 N–H and O–H groups in total. The van der Waals surface area contributed by atoms with Gasteiger partial charge in [-0.25, -0.2) is 17.8 Å². The molecule has 0 aliphatic carbocycles. The Bertz CT molecular complexity index is 1910. The molecule has 2 bridgehead atoms. The van der Waals surface area contributed by atoms with Crippen molar-refractivity contribution in [3.05, 3.63) is 48.2 Å². The lowest BCUT2D eigenvalue weighted by atomic mass is 9.87. The van der Waals surface area contributed by atoms with E-state index in [-0.39, 0.29) is 46.3 Å². The molecule has 1 aromatic carbocycles. The molecule has 3 aliphatic rings. The second-order valence-electron chi connectivity index (χ2n) is 10.7. The van der Waals surface area contributed by atoms with Crippen LogP contribution < -0.4 is 11.2 Å². The van der Waals surface area contributed by atoms with Crippen LogP contribution in [0.5, 0.6) is 0 Å². The van der Waals surface area contributed by atoms with Gasteiger partial charge in [0.2, 0.25) is 5.84 Å². The number of rotatable bonds is 4. The first-order chi connectivity index (χ1) is 19.7. The lowest BCUT2D eigenvalue weighted by molar-refractivity contribution is -0.128. The average Bonchev–Trinajstić information content (AvgIpc) is 3.50. The van der Waals surface area contributed by atoms with Crippen molar-refractivity contribution in [3.63, 3.8) is 0 Å². The topological polar surface area (TPSA) is 160 Å². The maximum Gasteiger partial charge on any atom is 0.291 e. The minimum absolute atomic E-state index is 0.0250. The smallest absolute Gasteiger partial charge is 0.291 e. The number of sulfone groups is 1. The predicted octanol–water partition coefficient (Wildman–Crippen LogP) is 2.29. The highest BCUT2D eigenvalue weighted by Gasteiger charge is 2.46. The summed E-state index contributed by atoms with van der Waals surface area (Å²) in [5, 5.41) is 8.93. The van der Waals surface area contributed by atoms with E-state index in [0.717, 1.165) is 19.1 Å². The number of nitrogens with one attached hydrogen (secondary N) is 1. The summed E-state index contributed by atoms with van der Waals surface area (Å²) in [6.45, 7) is 0.343. The summed E-state index contributed by atoms with van der Waals surface area (Å²) in [4.78, 5) is 28.7. The number of nitrogens with two attached hydrogens (primary N) is 1. The molecule has 2 atom stereocenters. The third-order valence-electron chi connectivity index (χ3n) is 8.14. The van der Waals surface area contributed by atoms with E-state index in [0.29, 0.717) is 52.8 Å². The Morgan fingerprint density at radius 2 is 1.93 bits per heavy atom. The first-order valence-electron chi connectivity index (χ1n) is 13.3. The van der Waals surface area contributed by atoms with Crippen molar-refractivity contribution in [2.45, 2.75) is 48.6 Å². The zero-order valence-corrected chi connectivity index (χ0v) is 22.8. The molecule has 3 aromatic heterocycles. The lowest BCUT2D eigenvalue weighted by Crippen LogP contribution is -2.51. The molecular formula is C27H26FN9O3S. The van der Waals surface area contributed by atoms with Gasteiger partial charge in [-0.2, -0.15) is 14.7 Å². The molecular weight excluding hydrogens is 549 g/mol. The summed E-state index contributed by atoms with van der Waals surface area (Å²) >= 11 is 0. The summed E-state index contributed by atoms with van der Waals surface area (Å²) in [6.07, 6.45) is 8.57. The van der Waals surface area contributed by atoms with Crippen molar-refractivity contribution in [3.8, 4) is 11.1 Å². The monoisotopic (exact) mass is 575 g/mol. The third kappa shape index (κ3) is 4.20. The highest BCUT2D eigenvalue weighted by Crippen LogP contribution is 2.45. The van der Waals surface area contributed by atoms with Crippen LogP contribution in [-0.2, 0) is 14.6 Å². The third-order valence-corrected chi connectivity index (χ3v) is 9.30. The van der Waals surface area contributed by atoms with Gasteiger partial charge in [0, 0.05) is 53.2 Å². The molecule has 0 saturated carbocycles. The number of amides is 1. The van der Waals surface area contributed by atoms with Gasteiger partial charge < -0.3 is 10.6 Å². The zero-order chi connectivity index (χ0) is 28.5. The van der Waals surface area contributed by atoms with E-state index >= 15 is 0 Å². The highest BCUT2D eigenvalue weighted by atomic mass is 32.2. The maximum atomic E-state index is 13.9. The number of benzene rings is 1. The molecule has 6 heterocycles. The number of aliphatic imine (C=N–C) groups is 1. The van der Waals surface area contributed by atoms with Gasteiger partial charge in [0.15, 0.2) is 15.5 Å². The van der Waals surface area contributed by atoms with E-state index in [1.54, 1.807) is 30.7 Å². The van der Waals surface area contributed by atoms with Gasteiger partial charge in [0.1, 0.15) is 16.5 Å². The number of anilines is 1. The van der Waals surface area contributed by atoms with Crippen LogP contribution in [0.1, 0.15) is 37.3 Å². The first-order valence-corrected chi connectivity index (χ1v) is 15.2. The van der Waals surface area contributed by atoms with Crippen LogP contribution in [0.25, 0.3) is 27.7 Å². The maximum absolute atomic E-state index is 13.9. The van der Waals surface area contributed by atoms with Crippen LogP contribution >= 0.6 is 0 Å². The minimum Gasteiger partial charge on any atom is -0.382 e. The van der Waals surface area contributed by atoms with Crippen LogP contribution in [0.15, 0.2) is 51.6 Å². The van der Waals surface area contributed by atoms with Gasteiger partial charge in [0.05, 0.1) is 24.0 Å². The second-order valence-corrected chi connectivity index (χ2v) is 12.7. The van der Waals surface area contributed by atoms with Crippen molar-refractivity contribution in [1.82, 2.24) is 29.9 Å². The Balaban J connectivity index is 1.31. The van der Waals surface area contributed by atoms with Crippen molar-refractivity contribution in [1.29, 1.82) is 0 Å². The van der Waals surface area contributed by atoms with Crippen molar-refractivity contribution in [2.24, 2.45) is 10.1 Å². The van der Waals surface area contributed by atoms with Gasteiger partial charge in [-0.15, -0.1) is 0 Å². The summed E-state index contributed by atoms with van der Waals surface area (Å²) in [5.74, 6) is -0.631. The molecule has 210 valence electrons. The Hall–Kier alpha value is -4.46. The fraction of sp³-hybridized carbons (Fsp3) is 0.333. The van der Waals surface area contributed by atoms with Crippen molar-refractivity contribution >= 4 is 50.2 Å². The number of nitrogens with zero attached hydrogens (tertiary/aromatic N) is 7. The molecule has 2 unspecified atom stereocenters. The van der Waals surface area contributed by atoms with Gasteiger partial charge in [-0.05, 0) is 49.9 Å². The average molecular weight is 576 g/mol. The standard InChI is InChI=1S/C27H26FN9O3S/c1-41(39,40)23-22(15-10-18-3-4-19(11-15)36(18)27(38)25-30-6-7-32-35-25)34-26-20(13-33-37(26)24(23)29)16-8-14-9-17(28)2-5-21(14)31-12-16/h2,5,7-9,12-13,15,18-19H,3-4,6,10-11,29H2,1H3,(H,30,35). The van der Waals surface area contributed by atoms with Crippen LogP contribution in [0.2, 0.25) is 0 Å². The minimum atomic E-state index is -3.78. The predicted molar refractivity (Wildman–Crippen MR) is 151 cm³/mol. The van der Waals surface area contributed by atoms with E-state index in [1.807, 2.05) is 4.90 Å². The summed E-state index contributed by atoms with van der Waals surface area (Å²) < 4.78 is 41.4. The zero-order valence-electron chi connectivity index (χ0n) is 22.0. The molecule has 2 fully saturated rings. The van der Waals surface area contributed by atoms with Crippen molar-refractivity contribution < 1.29 is 17.6 Å². The van der Waals surface area contributed by atoms with Crippen LogP contribution in [0.3, 0.4) is 0 Å². The molecule has 4 aromatic rings. The number of carbonyl (C=O) groups is 1. The van der Waals surface area contributed by atoms with E-state index < -0.39 is 9.84 Å². The summed E-state index contributed by atoms with van der Waals surface area (Å²) in [6, 6.07) is 5.95. The molecule has 12 nitrogen and oxygen atoms in total. The van der Waals surface area contributed by atoms with Crippen LogP contribution in [-0.4, -0.2) is 75.7 Å². The fourth-order valence-corrected chi connectivity index (χ4v) is 7.47. The van der Waals surface area contributed by atoms with Gasteiger partial charge in [-0.3, -0.25) is 20.2 Å². The number of fused-ring (bicyclic) bond motifs is 4. The first kappa shape index (κ1) is 25.5. The normalized spacial score (nSPS) is 22.2. The lowest BCUT2D eigenvalue weighted by Gasteiger charge is -2.39. The number of amidine groups is 1. The number of aromatic nitrogens is 4. The van der Waals surface area contributed by atoms with E-state index in [9.17, 15) is 17.6 Å². The number of hydrazone groups is 1. The largest absolute Gasteiger partial charge is 0.382 e. The molecule has 0 radical (unpaired) electrons. The number of pyridine rings is 1. The van der Waals surface area contributed by atoms with E-state index in [2.05, 4.69) is 25.6 Å². The fourth-order valence-electron chi connectivity index (χ4n) is 6.41. The number of carbonyl (C=O) groups excluding carboxylic acids is 1. The Morgan fingerprint density at radius 1 is 1.15 bits per heavy atom. The SMILES string of the molecule is CS(=O)(=O)c1c(C2CC3CCC(C2)N3C(=O)C2=NCC=NN2)nc2c(-c3cnc4ccc(F)cc4c3)cnn2c1N. The van der Waals surface area contributed by atoms with Crippen LogP contribution in [0.4, 0.5) is 10.2 Å². The van der Waals surface area contributed by atoms with Gasteiger partial charge in [0.25, 0.3) is 5.91 Å².